The summed E-state index contributed by atoms with van der Waals surface area (Å²) in [6.07, 6.45) is -0.377. The van der Waals surface area contributed by atoms with Crippen molar-refractivity contribution in [2.24, 2.45) is 11.8 Å². The number of amides is 1. The number of piperidine rings is 1. The molecule has 6 nitrogen and oxygen atoms in total. The molecule has 1 aliphatic heterocycles. The van der Waals surface area contributed by atoms with Crippen molar-refractivity contribution in [1.82, 2.24) is 20.8 Å². The Morgan fingerprint density at radius 2 is 2.04 bits per heavy atom. The summed E-state index contributed by atoms with van der Waals surface area (Å²) in [6, 6.07) is 9.69. The first kappa shape index (κ1) is 18.1. The lowest BCUT2D eigenvalue weighted by atomic mass is 10.0. The summed E-state index contributed by atoms with van der Waals surface area (Å²) in [6.45, 7) is 4.76. The largest absolute Gasteiger partial charge is 0.445 e. The van der Waals surface area contributed by atoms with Crippen LogP contribution < -0.4 is 10.6 Å². The predicted octanol–water partition coefficient (Wildman–Crippen LogP) is 2.28. The summed E-state index contributed by atoms with van der Waals surface area (Å²) in [5.41, 5.74) is 0.915. The van der Waals surface area contributed by atoms with Crippen molar-refractivity contribution in [2.75, 3.05) is 19.6 Å². The monoisotopic (exact) mass is 380 g/mol. The molecule has 8 heteroatoms. The normalized spacial score (nSPS) is 26.4. The zero-order chi connectivity index (χ0) is 16.6. The van der Waals surface area contributed by atoms with Gasteiger partial charge in [0.25, 0.3) is 0 Å². The fourth-order valence-corrected chi connectivity index (χ4v) is 4.79. The van der Waals surface area contributed by atoms with E-state index >= 15 is 0 Å². The number of alkyl carbamates (subject to hydrolysis) is 1. The molecule has 1 saturated carbocycles. The fraction of sp³-hybridized carbons (Fsp3) is 0.471. The first-order valence-corrected chi connectivity index (χ1v) is 8.97. The van der Waals surface area contributed by atoms with E-state index in [4.69, 9.17) is 4.74 Å². The zero-order valence-electron chi connectivity index (χ0n) is 13.9. The van der Waals surface area contributed by atoms with Crippen LogP contribution in [-0.4, -0.2) is 35.9 Å². The smallest absolute Gasteiger partial charge is 0.407 e. The molecule has 3 atom stereocenters. The van der Waals surface area contributed by atoms with Crippen molar-refractivity contribution < 1.29 is 9.53 Å². The van der Waals surface area contributed by atoms with Gasteiger partial charge >= 0.3 is 6.09 Å². The third-order valence-electron chi connectivity index (χ3n) is 5.09. The summed E-state index contributed by atoms with van der Waals surface area (Å²) in [5.74, 6) is 1.05. The lowest BCUT2D eigenvalue weighted by Gasteiger charge is -2.19. The molecule has 2 fully saturated rings. The Bertz CT molecular complexity index is 729. The van der Waals surface area contributed by atoms with Gasteiger partial charge in [-0.3, -0.25) is 0 Å². The molecule has 1 aliphatic carbocycles. The maximum atomic E-state index is 12.1. The van der Waals surface area contributed by atoms with Crippen LogP contribution in [0, 0.1) is 18.8 Å². The second-order valence-electron chi connectivity index (χ2n) is 6.45. The van der Waals surface area contributed by atoms with Crippen molar-refractivity contribution in [3.63, 3.8) is 0 Å². The van der Waals surface area contributed by atoms with Crippen LogP contribution in [0.2, 0.25) is 0 Å². The summed E-state index contributed by atoms with van der Waals surface area (Å²) < 4.78 is 5.32. The maximum Gasteiger partial charge on any atom is 0.407 e. The molecule has 1 aromatic heterocycles. The summed E-state index contributed by atoms with van der Waals surface area (Å²) in [7, 11) is 0. The number of halogens is 1. The van der Waals surface area contributed by atoms with Crippen LogP contribution in [0.1, 0.15) is 15.6 Å². The van der Waals surface area contributed by atoms with Gasteiger partial charge in [-0.1, -0.05) is 30.3 Å². The van der Waals surface area contributed by atoms with E-state index in [1.54, 1.807) is 11.3 Å². The second-order valence-corrected chi connectivity index (χ2v) is 7.63. The summed E-state index contributed by atoms with van der Waals surface area (Å²) >= 11 is 1.63. The van der Waals surface area contributed by atoms with Crippen LogP contribution >= 0.6 is 23.7 Å². The van der Waals surface area contributed by atoms with Crippen LogP contribution in [0.25, 0.3) is 0 Å². The van der Waals surface area contributed by atoms with E-state index in [1.165, 1.54) is 0 Å². The first-order valence-electron chi connectivity index (χ1n) is 8.16. The van der Waals surface area contributed by atoms with Gasteiger partial charge in [0.2, 0.25) is 0 Å². The van der Waals surface area contributed by atoms with E-state index in [0.29, 0.717) is 18.4 Å². The lowest BCUT2D eigenvalue weighted by molar-refractivity contribution is 0.138. The minimum Gasteiger partial charge on any atom is -0.445 e. The standard InChI is InChI=1S/C17H20N4O2S.ClH/c1-11-20-21-15(24-11)17(13-7-18-8-14(13)17)10-19-16(22)23-9-12-5-3-2-4-6-12;/h2-6,13-14,18H,7-10H2,1H3,(H,19,22);1H/t13-,14+,17?;. The second kappa shape index (κ2) is 7.27. The van der Waals surface area contributed by atoms with E-state index in [2.05, 4.69) is 20.8 Å². The molecule has 4 rings (SSSR count). The van der Waals surface area contributed by atoms with Crippen LogP contribution in [0.15, 0.2) is 30.3 Å². The highest BCUT2D eigenvalue weighted by atomic mass is 35.5. The van der Waals surface area contributed by atoms with E-state index in [9.17, 15) is 4.79 Å². The van der Waals surface area contributed by atoms with Crippen molar-refractivity contribution in [3.8, 4) is 0 Å². The Morgan fingerprint density at radius 3 is 2.68 bits per heavy atom. The Kier molecular flexibility index (Phi) is 5.27. The molecule has 2 N–H and O–H groups in total. The molecular formula is C17H21ClN4O2S. The van der Waals surface area contributed by atoms with Crippen LogP contribution in [-0.2, 0) is 16.8 Å². The minimum atomic E-state index is -0.377. The fourth-order valence-electron chi connectivity index (χ4n) is 3.78. The highest BCUT2D eigenvalue weighted by Gasteiger charge is 2.68. The van der Waals surface area contributed by atoms with Gasteiger partial charge in [0.05, 0.1) is 5.41 Å². The number of fused-ring (bicyclic) bond motifs is 1. The van der Waals surface area contributed by atoms with Crippen LogP contribution in [0.5, 0.6) is 0 Å². The summed E-state index contributed by atoms with van der Waals surface area (Å²) in [5, 5.41) is 16.9. The average molecular weight is 381 g/mol. The Hall–Kier alpha value is -1.70. The molecule has 25 heavy (non-hydrogen) atoms. The van der Waals surface area contributed by atoms with Gasteiger partial charge < -0.3 is 15.4 Å². The molecule has 0 spiro atoms. The number of nitrogens with zero attached hydrogens (tertiary/aromatic N) is 2. The molecule has 1 amide bonds. The van der Waals surface area contributed by atoms with Gasteiger partial charge in [0.1, 0.15) is 16.6 Å². The Labute approximate surface area is 156 Å². The molecule has 1 unspecified atom stereocenters. The number of benzene rings is 1. The molecule has 2 aliphatic rings. The molecular weight excluding hydrogens is 360 g/mol. The van der Waals surface area contributed by atoms with Crippen molar-refractivity contribution in [2.45, 2.75) is 18.9 Å². The summed E-state index contributed by atoms with van der Waals surface area (Å²) in [4.78, 5) is 12.1. The predicted molar refractivity (Wildman–Crippen MR) is 98.1 cm³/mol. The topological polar surface area (TPSA) is 76.1 Å². The van der Waals surface area contributed by atoms with Gasteiger partial charge in [-0.2, -0.15) is 0 Å². The number of carbonyl (C=O) groups is 1. The number of hydrogen-bond donors (Lipinski definition) is 2. The first-order chi connectivity index (χ1) is 11.7. The number of hydrogen-bond acceptors (Lipinski definition) is 6. The minimum absolute atomic E-state index is 0. The van der Waals surface area contributed by atoms with E-state index in [0.717, 1.165) is 28.7 Å². The highest BCUT2D eigenvalue weighted by molar-refractivity contribution is 7.11. The number of carbonyl (C=O) groups excluding carboxylic acids is 1. The van der Waals surface area contributed by atoms with Crippen LogP contribution in [0.3, 0.4) is 0 Å². The Balaban J connectivity index is 0.00000182. The third-order valence-corrected chi connectivity index (χ3v) is 6.12. The van der Waals surface area contributed by atoms with E-state index in [-0.39, 0.29) is 30.5 Å². The quantitative estimate of drug-likeness (QED) is 0.832. The molecule has 134 valence electrons. The Morgan fingerprint density at radius 1 is 1.32 bits per heavy atom. The molecule has 2 aromatic rings. The van der Waals surface area contributed by atoms with E-state index in [1.807, 2.05) is 37.3 Å². The third kappa shape index (κ3) is 3.36. The number of aromatic nitrogens is 2. The van der Waals surface area contributed by atoms with E-state index < -0.39 is 0 Å². The SMILES string of the molecule is Cc1nnc(C2(CNC(=O)OCc3ccccc3)[C@@H]3CNC[C@@H]32)s1.Cl. The lowest BCUT2D eigenvalue weighted by Crippen LogP contribution is -2.38. The van der Waals surface area contributed by atoms with Gasteiger partial charge in [-0.05, 0) is 37.4 Å². The molecule has 0 radical (unpaired) electrons. The number of nitrogens with one attached hydrogen (secondary N) is 2. The van der Waals surface area contributed by atoms with Crippen molar-refractivity contribution in [3.05, 3.63) is 45.9 Å². The van der Waals surface area contributed by atoms with Gasteiger partial charge in [0, 0.05) is 6.54 Å². The number of ether oxygens (including phenoxy) is 1. The molecule has 1 saturated heterocycles. The number of rotatable bonds is 5. The molecule has 1 aromatic carbocycles. The number of aryl methyl sites for hydroxylation is 1. The molecule has 0 bridgehead atoms. The van der Waals surface area contributed by atoms with Gasteiger partial charge in [-0.25, -0.2) is 4.79 Å². The average Bonchev–Trinajstić information content (AvgIpc) is 2.99. The van der Waals surface area contributed by atoms with Crippen LogP contribution in [0.4, 0.5) is 4.79 Å². The van der Waals surface area contributed by atoms with Gasteiger partial charge in [0.15, 0.2) is 0 Å². The highest BCUT2D eigenvalue weighted by Crippen LogP contribution is 2.61. The zero-order valence-corrected chi connectivity index (χ0v) is 15.5. The van der Waals surface area contributed by atoms with Crippen molar-refractivity contribution >= 4 is 29.8 Å². The maximum absolute atomic E-state index is 12.1. The molecule has 2 heterocycles. The van der Waals surface area contributed by atoms with Crippen molar-refractivity contribution in [1.29, 1.82) is 0 Å². The van der Waals surface area contributed by atoms with Gasteiger partial charge in [-0.15, -0.1) is 33.9 Å².